The highest BCUT2D eigenvalue weighted by atomic mass is 16.3. The number of hydrogen-bond donors (Lipinski definition) is 5. The second kappa shape index (κ2) is 6.83. The van der Waals surface area contributed by atoms with Gasteiger partial charge in [0.1, 0.15) is 5.75 Å². The predicted octanol–water partition coefficient (Wildman–Crippen LogP) is -1.27. The number of hydrazone groups is 1. The molecule has 0 saturated carbocycles. The lowest BCUT2D eigenvalue weighted by Gasteiger charge is -2.02. The van der Waals surface area contributed by atoms with Gasteiger partial charge in [0.25, 0.3) is 11.5 Å². The van der Waals surface area contributed by atoms with E-state index in [0.29, 0.717) is 5.56 Å². The number of rotatable bonds is 5. The number of nitrogens with one attached hydrogen (secondary N) is 4. The summed E-state index contributed by atoms with van der Waals surface area (Å²) in [6.45, 7) is -0.278. The monoisotopic (exact) mass is 304 g/mol. The Kier molecular flexibility index (Phi) is 4.65. The SMILES string of the molecule is O=C(CNc1n[nH]c(=O)[nH]c1=O)N/N=C/c1ccccc1O. The molecule has 0 bridgehead atoms. The molecule has 0 aliphatic heterocycles. The Morgan fingerprint density at radius 3 is 2.86 bits per heavy atom. The number of anilines is 1. The number of carbonyl (C=O) groups is 1. The maximum Gasteiger partial charge on any atom is 0.342 e. The fourth-order valence-electron chi connectivity index (χ4n) is 1.44. The first-order valence-electron chi connectivity index (χ1n) is 6.09. The number of hydrogen-bond acceptors (Lipinski definition) is 7. The Morgan fingerprint density at radius 2 is 2.14 bits per heavy atom. The van der Waals surface area contributed by atoms with Gasteiger partial charge in [-0.2, -0.15) is 5.10 Å². The van der Waals surface area contributed by atoms with E-state index in [9.17, 15) is 19.5 Å². The van der Waals surface area contributed by atoms with Gasteiger partial charge in [-0.05, 0) is 12.1 Å². The molecule has 0 aliphatic carbocycles. The van der Waals surface area contributed by atoms with E-state index in [1.807, 2.05) is 10.1 Å². The van der Waals surface area contributed by atoms with E-state index in [4.69, 9.17) is 0 Å². The summed E-state index contributed by atoms with van der Waals surface area (Å²) in [5, 5.41) is 21.1. The molecule has 1 aromatic carbocycles. The first-order chi connectivity index (χ1) is 10.6. The van der Waals surface area contributed by atoms with Gasteiger partial charge in [0, 0.05) is 5.56 Å². The Morgan fingerprint density at radius 1 is 1.36 bits per heavy atom. The van der Waals surface area contributed by atoms with Crippen LogP contribution in [0.5, 0.6) is 5.75 Å². The predicted molar refractivity (Wildman–Crippen MR) is 77.8 cm³/mol. The maximum atomic E-state index is 11.5. The Hall–Kier alpha value is -3.43. The Balaban J connectivity index is 1.87. The summed E-state index contributed by atoms with van der Waals surface area (Å²) in [7, 11) is 0. The molecule has 0 unspecified atom stereocenters. The molecule has 1 heterocycles. The zero-order valence-electron chi connectivity index (χ0n) is 11.2. The standard InChI is InChI=1S/C12H12N6O4/c19-8-4-2-1-3-7(8)5-14-16-9(20)6-13-10-11(21)15-12(22)18-17-10/h1-5,19H,6H2,(H,13,17)(H,16,20)(H2,15,18,21,22)/b14-5+. The number of aromatic nitrogens is 3. The van der Waals surface area contributed by atoms with Gasteiger partial charge in [-0.1, -0.05) is 12.1 Å². The number of benzene rings is 1. The van der Waals surface area contributed by atoms with Crippen molar-refractivity contribution in [1.82, 2.24) is 20.6 Å². The van der Waals surface area contributed by atoms with E-state index in [0.717, 1.165) is 0 Å². The van der Waals surface area contributed by atoms with Gasteiger partial charge < -0.3 is 10.4 Å². The molecule has 0 atom stereocenters. The number of aromatic amines is 2. The van der Waals surface area contributed by atoms with Crippen LogP contribution in [0.1, 0.15) is 5.56 Å². The van der Waals surface area contributed by atoms with Crippen molar-refractivity contribution < 1.29 is 9.90 Å². The van der Waals surface area contributed by atoms with E-state index in [2.05, 4.69) is 20.9 Å². The number of amides is 1. The van der Waals surface area contributed by atoms with Crippen LogP contribution in [0.25, 0.3) is 0 Å². The van der Waals surface area contributed by atoms with E-state index < -0.39 is 17.2 Å². The average Bonchev–Trinajstić information content (AvgIpc) is 2.48. The molecule has 10 heteroatoms. The summed E-state index contributed by atoms with van der Waals surface area (Å²) in [5.74, 6) is -0.707. The largest absolute Gasteiger partial charge is 0.507 e. The summed E-state index contributed by atoms with van der Waals surface area (Å²) >= 11 is 0. The van der Waals surface area contributed by atoms with Crippen LogP contribution in [0.2, 0.25) is 0 Å². The molecule has 114 valence electrons. The minimum atomic E-state index is -0.743. The number of carbonyl (C=O) groups excluding carboxylic acids is 1. The van der Waals surface area contributed by atoms with Crippen molar-refractivity contribution in [3.05, 3.63) is 50.7 Å². The number of H-pyrrole nitrogens is 2. The first-order valence-corrected chi connectivity index (χ1v) is 6.09. The van der Waals surface area contributed by atoms with Gasteiger partial charge in [0.2, 0.25) is 5.82 Å². The molecule has 0 radical (unpaired) electrons. The highest BCUT2D eigenvalue weighted by Gasteiger charge is 2.04. The molecule has 22 heavy (non-hydrogen) atoms. The fourth-order valence-corrected chi connectivity index (χ4v) is 1.44. The quantitative estimate of drug-likeness (QED) is 0.343. The van der Waals surface area contributed by atoms with Crippen molar-refractivity contribution in [1.29, 1.82) is 0 Å². The van der Waals surface area contributed by atoms with Crippen LogP contribution in [0.4, 0.5) is 5.82 Å². The number of para-hydroxylation sites is 1. The fraction of sp³-hybridized carbons (Fsp3) is 0.0833. The molecule has 2 rings (SSSR count). The van der Waals surface area contributed by atoms with Gasteiger partial charge in [-0.25, -0.2) is 15.3 Å². The van der Waals surface area contributed by atoms with E-state index in [1.165, 1.54) is 12.3 Å². The van der Waals surface area contributed by atoms with Crippen LogP contribution in [0, 0.1) is 0 Å². The number of aromatic hydroxyl groups is 1. The first kappa shape index (κ1) is 15.0. The molecule has 0 fully saturated rings. The molecule has 0 spiro atoms. The van der Waals surface area contributed by atoms with Crippen LogP contribution in [-0.4, -0.2) is 39.0 Å². The molecule has 5 N–H and O–H groups in total. The van der Waals surface area contributed by atoms with Crippen molar-refractivity contribution in [3.8, 4) is 5.75 Å². The van der Waals surface area contributed by atoms with Crippen LogP contribution in [0.15, 0.2) is 39.0 Å². The summed E-state index contributed by atoms with van der Waals surface area (Å²) in [6.07, 6.45) is 1.28. The second-order valence-corrected chi connectivity index (χ2v) is 4.06. The lowest BCUT2D eigenvalue weighted by atomic mass is 10.2. The zero-order chi connectivity index (χ0) is 15.9. The minimum Gasteiger partial charge on any atom is -0.507 e. The molecule has 1 amide bonds. The summed E-state index contributed by atoms with van der Waals surface area (Å²) < 4.78 is 0. The third-order valence-electron chi connectivity index (χ3n) is 2.46. The Labute approximate surface area is 122 Å². The molecular formula is C12H12N6O4. The topological polar surface area (TPSA) is 152 Å². The van der Waals surface area contributed by atoms with Crippen LogP contribution in [0.3, 0.4) is 0 Å². The highest BCUT2D eigenvalue weighted by molar-refractivity contribution is 5.85. The third-order valence-corrected chi connectivity index (χ3v) is 2.46. The smallest absolute Gasteiger partial charge is 0.342 e. The summed E-state index contributed by atoms with van der Waals surface area (Å²) in [5.41, 5.74) is 1.16. The lowest BCUT2D eigenvalue weighted by Crippen LogP contribution is -2.31. The van der Waals surface area contributed by atoms with Gasteiger partial charge in [0.05, 0.1) is 12.8 Å². The van der Waals surface area contributed by atoms with Crippen molar-refractivity contribution in [2.75, 3.05) is 11.9 Å². The third kappa shape index (κ3) is 4.03. The van der Waals surface area contributed by atoms with E-state index >= 15 is 0 Å². The molecular weight excluding hydrogens is 292 g/mol. The molecule has 1 aromatic heterocycles. The highest BCUT2D eigenvalue weighted by Crippen LogP contribution is 2.12. The van der Waals surface area contributed by atoms with Gasteiger partial charge in [0.15, 0.2) is 0 Å². The zero-order valence-corrected chi connectivity index (χ0v) is 11.2. The van der Waals surface area contributed by atoms with Gasteiger partial charge in [-0.15, -0.1) is 5.10 Å². The van der Waals surface area contributed by atoms with Crippen LogP contribution in [-0.2, 0) is 4.79 Å². The van der Waals surface area contributed by atoms with Crippen LogP contribution >= 0.6 is 0 Å². The number of phenolic OH excluding ortho intramolecular Hbond substituents is 1. The van der Waals surface area contributed by atoms with Gasteiger partial charge >= 0.3 is 5.69 Å². The number of nitrogens with zero attached hydrogens (tertiary/aromatic N) is 2. The second-order valence-electron chi connectivity index (χ2n) is 4.06. The van der Waals surface area contributed by atoms with Gasteiger partial charge in [-0.3, -0.25) is 14.6 Å². The molecule has 2 aromatic rings. The van der Waals surface area contributed by atoms with Crippen molar-refractivity contribution >= 4 is 17.9 Å². The minimum absolute atomic E-state index is 0.0302. The molecule has 10 nitrogen and oxygen atoms in total. The maximum absolute atomic E-state index is 11.5. The average molecular weight is 304 g/mol. The Bertz CT molecular complexity index is 810. The summed E-state index contributed by atoms with van der Waals surface area (Å²) in [4.78, 5) is 35.5. The number of phenols is 1. The van der Waals surface area contributed by atoms with Crippen molar-refractivity contribution in [3.63, 3.8) is 0 Å². The van der Waals surface area contributed by atoms with Crippen molar-refractivity contribution in [2.24, 2.45) is 5.10 Å². The summed E-state index contributed by atoms with van der Waals surface area (Å²) in [6, 6.07) is 6.47. The van der Waals surface area contributed by atoms with Crippen molar-refractivity contribution in [2.45, 2.75) is 0 Å². The molecule has 0 saturated heterocycles. The normalized spacial score (nSPS) is 10.5. The molecule has 0 aliphatic rings. The van der Waals surface area contributed by atoms with Crippen LogP contribution < -0.4 is 22.0 Å². The lowest BCUT2D eigenvalue weighted by molar-refractivity contribution is -0.119. The van der Waals surface area contributed by atoms with E-state index in [1.54, 1.807) is 18.2 Å². The van der Waals surface area contributed by atoms with E-state index in [-0.39, 0.29) is 18.1 Å².